The quantitative estimate of drug-likeness (QED) is 0.556. The molecule has 1 aromatic carbocycles. The second-order valence-electron chi connectivity index (χ2n) is 8.85. The van der Waals surface area contributed by atoms with Crippen molar-refractivity contribution in [3.8, 4) is 11.5 Å². The molecule has 0 spiro atoms. The maximum atomic E-state index is 13.7. The van der Waals surface area contributed by atoms with Crippen molar-refractivity contribution >= 4 is 22.9 Å². The number of methoxy groups -OCH3 is 2. The summed E-state index contributed by atoms with van der Waals surface area (Å²) in [6.45, 7) is 4.57. The van der Waals surface area contributed by atoms with Crippen molar-refractivity contribution in [2.75, 3.05) is 33.0 Å². The standard InChI is InChI=1S/C24H28N6O4/c1-4-20(31)28-6-5-16(12-28)30-23-21(22(25)26-13-27-23)29(24(30)32)17-7-14(8-17)15-9-18(33-2)11-19(10-15)34-3/h4,9-11,13-14,16-17H,1,5-8,12H2,2-3H3,(H2,25,26,27). The number of fused-ring (bicyclic) bond motifs is 1. The number of carbonyl (C=O) groups excluding carboxylic acids is 1. The lowest BCUT2D eigenvalue weighted by molar-refractivity contribution is -0.125. The van der Waals surface area contributed by atoms with Crippen molar-refractivity contribution in [3.05, 3.63) is 53.2 Å². The largest absolute Gasteiger partial charge is 0.497 e. The average molecular weight is 465 g/mol. The topological polar surface area (TPSA) is 118 Å². The fourth-order valence-corrected chi connectivity index (χ4v) is 5.18. The zero-order chi connectivity index (χ0) is 24.0. The molecule has 0 bridgehead atoms. The predicted octanol–water partition coefficient (Wildman–Crippen LogP) is 2.27. The van der Waals surface area contributed by atoms with Gasteiger partial charge in [0.25, 0.3) is 0 Å². The van der Waals surface area contributed by atoms with Crippen molar-refractivity contribution < 1.29 is 14.3 Å². The van der Waals surface area contributed by atoms with E-state index >= 15 is 0 Å². The highest BCUT2D eigenvalue weighted by molar-refractivity contribution is 5.87. The van der Waals surface area contributed by atoms with Crippen LogP contribution in [0.4, 0.5) is 5.82 Å². The Morgan fingerprint density at radius 2 is 1.82 bits per heavy atom. The van der Waals surface area contributed by atoms with E-state index in [4.69, 9.17) is 15.2 Å². The molecular formula is C24H28N6O4. The fourth-order valence-electron chi connectivity index (χ4n) is 5.18. The number of nitrogen functional groups attached to an aromatic ring is 1. The molecule has 1 unspecified atom stereocenters. The number of likely N-dealkylation sites (tertiary alicyclic amines) is 1. The molecule has 2 fully saturated rings. The summed E-state index contributed by atoms with van der Waals surface area (Å²) in [6.07, 6.45) is 4.90. The van der Waals surface area contributed by atoms with Crippen LogP contribution in [0.2, 0.25) is 0 Å². The Hall–Kier alpha value is -3.82. The Kier molecular flexibility index (Phi) is 5.51. The van der Waals surface area contributed by atoms with Gasteiger partial charge in [-0.05, 0) is 49.0 Å². The minimum atomic E-state index is -0.173. The van der Waals surface area contributed by atoms with Gasteiger partial charge in [-0.1, -0.05) is 6.58 Å². The summed E-state index contributed by atoms with van der Waals surface area (Å²) in [5.41, 5.74) is 8.27. The molecule has 1 atom stereocenters. The van der Waals surface area contributed by atoms with Gasteiger partial charge < -0.3 is 20.1 Å². The van der Waals surface area contributed by atoms with Gasteiger partial charge in [0.2, 0.25) is 5.91 Å². The Balaban J connectivity index is 1.48. The first-order chi connectivity index (χ1) is 16.4. The van der Waals surface area contributed by atoms with Crippen molar-refractivity contribution in [1.29, 1.82) is 0 Å². The Morgan fingerprint density at radius 3 is 2.47 bits per heavy atom. The summed E-state index contributed by atoms with van der Waals surface area (Å²) in [6, 6.07) is 5.66. The number of ether oxygens (including phenoxy) is 2. The molecule has 3 aromatic rings. The molecule has 1 saturated carbocycles. The van der Waals surface area contributed by atoms with Gasteiger partial charge in [0.05, 0.1) is 20.3 Å². The zero-order valence-electron chi connectivity index (χ0n) is 19.3. The van der Waals surface area contributed by atoms with Crippen LogP contribution in [0.5, 0.6) is 11.5 Å². The van der Waals surface area contributed by atoms with E-state index < -0.39 is 0 Å². The Labute approximate surface area is 196 Å². The van der Waals surface area contributed by atoms with Crippen LogP contribution in [-0.4, -0.2) is 57.2 Å². The molecule has 2 aromatic heterocycles. The number of benzene rings is 1. The molecule has 10 heteroatoms. The Morgan fingerprint density at radius 1 is 1.12 bits per heavy atom. The van der Waals surface area contributed by atoms with Gasteiger partial charge in [0.15, 0.2) is 11.5 Å². The number of rotatable bonds is 6. The molecule has 3 heterocycles. The van der Waals surface area contributed by atoms with Crippen LogP contribution in [0.1, 0.15) is 42.8 Å². The normalized spacial score (nSPS) is 21.9. The molecule has 1 aliphatic carbocycles. The molecule has 10 nitrogen and oxygen atoms in total. The number of hydrogen-bond acceptors (Lipinski definition) is 7. The van der Waals surface area contributed by atoms with Gasteiger partial charge in [-0.15, -0.1) is 0 Å². The van der Waals surface area contributed by atoms with E-state index in [1.54, 1.807) is 28.3 Å². The highest BCUT2D eigenvalue weighted by atomic mass is 16.5. The van der Waals surface area contributed by atoms with Crippen LogP contribution in [0.25, 0.3) is 11.2 Å². The number of nitrogens with two attached hydrogens (primary N) is 1. The number of aromatic nitrogens is 4. The maximum Gasteiger partial charge on any atom is 0.331 e. The van der Waals surface area contributed by atoms with Gasteiger partial charge in [-0.25, -0.2) is 14.8 Å². The minimum Gasteiger partial charge on any atom is -0.497 e. The Bertz CT molecular complexity index is 1300. The first-order valence-electron chi connectivity index (χ1n) is 11.3. The molecular weight excluding hydrogens is 436 g/mol. The maximum absolute atomic E-state index is 13.7. The number of anilines is 1. The van der Waals surface area contributed by atoms with E-state index in [9.17, 15) is 9.59 Å². The monoisotopic (exact) mass is 464 g/mol. The molecule has 2 aliphatic rings. The smallest absolute Gasteiger partial charge is 0.331 e. The van der Waals surface area contributed by atoms with Gasteiger partial charge >= 0.3 is 5.69 Å². The van der Waals surface area contributed by atoms with E-state index in [0.29, 0.717) is 30.7 Å². The first kappa shape index (κ1) is 22.0. The minimum absolute atomic E-state index is 0.0286. The lowest BCUT2D eigenvalue weighted by Crippen LogP contribution is -2.36. The highest BCUT2D eigenvalue weighted by Crippen LogP contribution is 2.47. The molecule has 178 valence electrons. The zero-order valence-corrected chi connectivity index (χ0v) is 19.3. The van der Waals surface area contributed by atoms with Gasteiger partial charge in [0.1, 0.15) is 23.3 Å². The van der Waals surface area contributed by atoms with E-state index in [1.807, 2.05) is 18.2 Å². The molecule has 2 N–H and O–H groups in total. The third kappa shape index (κ3) is 3.49. The average Bonchev–Trinajstić information content (AvgIpc) is 3.41. The third-order valence-corrected chi connectivity index (χ3v) is 7.05. The van der Waals surface area contributed by atoms with E-state index in [-0.39, 0.29) is 35.4 Å². The van der Waals surface area contributed by atoms with Crippen molar-refractivity contribution in [2.45, 2.75) is 37.3 Å². The third-order valence-electron chi connectivity index (χ3n) is 7.05. The van der Waals surface area contributed by atoms with Crippen LogP contribution in [0.15, 0.2) is 42.0 Å². The van der Waals surface area contributed by atoms with Crippen LogP contribution >= 0.6 is 0 Å². The van der Waals surface area contributed by atoms with Gasteiger partial charge in [-0.2, -0.15) is 0 Å². The SMILES string of the molecule is C=CC(=O)N1CCC(n2c(=O)n(C3CC(c4cc(OC)cc(OC)c4)C3)c3c(N)ncnc32)C1. The van der Waals surface area contributed by atoms with Crippen molar-refractivity contribution in [3.63, 3.8) is 0 Å². The molecule has 34 heavy (non-hydrogen) atoms. The predicted molar refractivity (Wildman–Crippen MR) is 127 cm³/mol. The lowest BCUT2D eigenvalue weighted by atomic mass is 9.75. The summed E-state index contributed by atoms with van der Waals surface area (Å²) in [5, 5.41) is 0. The fraction of sp³-hybridized carbons (Fsp3) is 0.417. The number of carbonyl (C=O) groups is 1. The summed E-state index contributed by atoms with van der Waals surface area (Å²) < 4.78 is 14.2. The number of amides is 1. The van der Waals surface area contributed by atoms with E-state index in [1.165, 1.54) is 12.4 Å². The van der Waals surface area contributed by atoms with Crippen LogP contribution < -0.4 is 20.9 Å². The number of nitrogens with zero attached hydrogens (tertiary/aromatic N) is 5. The van der Waals surface area contributed by atoms with Crippen LogP contribution in [-0.2, 0) is 4.79 Å². The van der Waals surface area contributed by atoms with Crippen molar-refractivity contribution in [1.82, 2.24) is 24.0 Å². The van der Waals surface area contributed by atoms with Crippen LogP contribution in [0.3, 0.4) is 0 Å². The summed E-state index contributed by atoms with van der Waals surface area (Å²) in [5.74, 6) is 1.89. The number of hydrogen-bond donors (Lipinski definition) is 1. The second kappa shape index (κ2) is 8.51. The first-order valence-corrected chi connectivity index (χ1v) is 11.3. The molecule has 5 rings (SSSR count). The van der Waals surface area contributed by atoms with E-state index in [2.05, 4.69) is 16.5 Å². The van der Waals surface area contributed by atoms with Crippen molar-refractivity contribution in [2.24, 2.45) is 0 Å². The molecule has 1 aliphatic heterocycles. The molecule has 0 radical (unpaired) electrons. The highest BCUT2D eigenvalue weighted by Gasteiger charge is 2.38. The lowest BCUT2D eigenvalue weighted by Gasteiger charge is -2.36. The van der Waals surface area contributed by atoms with Gasteiger partial charge in [0, 0.05) is 25.2 Å². The molecule has 1 amide bonds. The summed E-state index contributed by atoms with van der Waals surface area (Å²) >= 11 is 0. The van der Waals surface area contributed by atoms with Gasteiger partial charge in [-0.3, -0.25) is 13.9 Å². The second-order valence-corrected chi connectivity index (χ2v) is 8.85. The number of imidazole rings is 1. The summed E-state index contributed by atoms with van der Waals surface area (Å²) in [4.78, 5) is 36.0. The summed E-state index contributed by atoms with van der Waals surface area (Å²) in [7, 11) is 3.26. The molecule has 1 saturated heterocycles. The van der Waals surface area contributed by atoms with E-state index in [0.717, 1.165) is 29.9 Å². The van der Waals surface area contributed by atoms with Crippen LogP contribution in [0, 0.1) is 0 Å².